The van der Waals surface area contributed by atoms with Gasteiger partial charge in [-0.15, -0.1) is 0 Å². The zero-order valence-corrected chi connectivity index (χ0v) is 13.6. The standard InChI is InChI=1S/C14H22Se2/c1-2-3-10-15-11-7-12-16-13-14-8-5-4-6-9-14/h4-6,8-9H,2-3,7,10-13H2,1H3. The first kappa shape index (κ1) is 14.3. The Bertz CT molecular complexity index is 246. The summed E-state index contributed by atoms with van der Waals surface area (Å²) >= 11 is 1.78. The molecule has 2 heteroatoms. The van der Waals surface area contributed by atoms with E-state index in [2.05, 4.69) is 37.3 Å². The van der Waals surface area contributed by atoms with Gasteiger partial charge in [0.15, 0.2) is 0 Å². The Kier molecular flexibility index (Phi) is 9.32. The molecule has 0 saturated carbocycles. The van der Waals surface area contributed by atoms with Crippen LogP contribution in [0.2, 0.25) is 16.0 Å². The fourth-order valence-corrected chi connectivity index (χ4v) is 6.43. The van der Waals surface area contributed by atoms with Gasteiger partial charge in [0.1, 0.15) is 0 Å². The van der Waals surface area contributed by atoms with Crippen LogP contribution < -0.4 is 0 Å². The predicted octanol–water partition coefficient (Wildman–Crippen LogP) is 4.04. The number of rotatable bonds is 9. The molecule has 0 aliphatic heterocycles. The molecule has 0 atom stereocenters. The summed E-state index contributed by atoms with van der Waals surface area (Å²) in [5, 5.41) is 5.84. The first-order valence-corrected chi connectivity index (χ1v) is 11.0. The zero-order valence-electron chi connectivity index (χ0n) is 10.2. The molecule has 0 aliphatic carbocycles. The van der Waals surface area contributed by atoms with E-state index < -0.39 is 0 Å². The summed E-state index contributed by atoms with van der Waals surface area (Å²) in [6.45, 7) is 2.29. The van der Waals surface area contributed by atoms with Gasteiger partial charge in [0.2, 0.25) is 0 Å². The van der Waals surface area contributed by atoms with E-state index in [1.54, 1.807) is 0 Å². The van der Waals surface area contributed by atoms with Crippen LogP contribution in [0.5, 0.6) is 0 Å². The van der Waals surface area contributed by atoms with Gasteiger partial charge in [0.05, 0.1) is 0 Å². The van der Waals surface area contributed by atoms with Crippen molar-refractivity contribution in [3.63, 3.8) is 0 Å². The van der Waals surface area contributed by atoms with Crippen LogP contribution in [0.1, 0.15) is 31.7 Å². The maximum absolute atomic E-state index is 2.29. The molecule has 0 nitrogen and oxygen atoms in total. The van der Waals surface area contributed by atoms with Crippen molar-refractivity contribution in [3.8, 4) is 0 Å². The average Bonchev–Trinajstić information content (AvgIpc) is 2.34. The first-order valence-electron chi connectivity index (χ1n) is 6.13. The van der Waals surface area contributed by atoms with Gasteiger partial charge in [-0.3, -0.25) is 0 Å². The molecule has 0 aliphatic rings. The van der Waals surface area contributed by atoms with Crippen molar-refractivity contribution < 1.29 is 0 Å². The van der Waals surface area contributed by atoms with E-state index in [9.17, 15) is 0 Å². The second kappa shape index (κ2) is 10.4. The summed E-state index contributed by atoms with van der Waals surface area (Å²) in [6.07, 6.45) is 4.31. The predicted molar refractivity (Wildman–Crippen MR) is 75.6 cm³/mol. The topological polar surface area (TPSA) is 0 Å². The van der Waals surface area contributed by atoms with E-state index >= 15 is 0 Å². The molecular weight excluding hydrogens is 326 g/mol. The first-order chi connectivity index (χ1) is 7.93. The molecule has 90 valence electrons. The average molecular weight is 348 g/mol. The van der Waals surface area contributed by atoms with Crippen molar-refractivity contribution >= 4 is 29.9 Å². The molecule has 1 rings (SSSR count). The van der Waals surface area contributed by atoms with Crippen LogP contribution in [-0.4, -0.2) is 29.9 Å². The quantitative estimate of drug-likeness (QED) is 0.467. The third kappa shape index (κ3) is 7.52. The molecule has 0 radical (unpaired) electrons. The number of benzene rings is 1. The van der Waals surface area contributed by atoms with Crippen LogP contribution in [0, 0.1) is 0 Å². The summed E-state index contributed by atoms with van der Waals surface area (Å²) in [5.41, 5.74) is 1.53. The molecule has 0 unspecified atom stereocenters. The van der Waals surface area contributed by atoms with Gasteiger partial charge in [-0.25, -0.2) is 0 Å². The van der Waals surface area contributed by atoms with E-state index in [1.165, 1.54) is 46.1 Å². The van der Waals surface area contributed by atoms with Crippen molar-refractivity contribution in [2.45, 2.75) is 47.5 Å². The van der Waals surface area contributed by atoms with E-state index in [1.807, 2.05) is 0 Å². The molecule has 0 N–H and O–H groups in total. The Hall–Kier alpha value is 0.259. The summed E-state index contributed by atoms with van der Waals surface area (Å²) in [4.78, 5) is 0. The molecular formula is C14H22Se2. The molecule has 16 heavy (non-hydrogen) atoms. The Morgan fingerprint density at radius 2 is 1.56 bits per heavy atom. The van der Waals surface area contributed by atoms with E-state index in [-0.39, 0.29) is 0 Å². The molecule has 0 amide bonds. The zero-order chi connectivity index (χ0) is 11.5. The minimum absolute atomic E-state index is 0.836. The van der Waals surface area contributed by atoms with Crippen molar-refractivity contribution in [1.82, 2.24) is 0 Å². The third-order valence-corrected chi connectivity index (χ3v) is 7.09. The van der Waals surface area contributed by atoms with Crippen molar-refractivity contribution in [3.05, 3.63) is 35.9 Å². The van der Waals surface area contributed by atoms with E-state index in [4.69, 9.17) is 0 Å². The fraction of sp³-hybridized carbons (Fsp3) is 0.571. The Morgan fingerprint density at radius 3 is 2.31 bits per heavy atom. The second-order valence-electron chi connectivity index (χ2n) is 3.86. The number of hydrogen-bond donors (Lipinski definition) is 0. The van der Waals surface area contributed by atoms with Crippen LogP contribution >= 0.6 is 0 Å². The molecule has 1 aromatic carbocycles. The molecule has 0 spiro atoms. The number of hydrogen-bond acceptors (Lipinski definition) is 0. The fourth-order valence-electron chi connectivity index (χ4n) is 1.38. The van der Waals surface area contributed by atoms with E-state index in [0.717, 1.165) is 29.9 Å². The molecule has 0 bridgehead atoms. The summed E-state index contributed by atoms with van der Waals surface area (Å²) in [7, 11) is 0. The summed E-state index contributed by atoms with van der Waals surface area (Å²) in [6, 6.07) is 10.9. The van der Waals surface area contributed by atoms with Gasteiger partial charge in [0.25, 0.3) is 0 Å². The molecule has 0 aromatic heterocycles. The van der Waals surface area contributed by atoms with Crippen molar-refractivity contribution in [2.75, 3.05) is 0 Å². The van der Waals surface area contributed by atoms with Crippen molar-refractivity contribution in [1.29, 1.82) is 0 Å². The normalized spacial score (nSPS) is 10.6. The monoisotopic (exact) mass is 350 g/mol. The second-order valence-corrected chi connectivity index (χ2v) is 8.75. The molecule has 1 aromatic rings. The molecule has 0 fully saturated rings. The summed E-state index contributed by atoms with van der Waals surface area (Å²) in [5.74, 6) is 0. The van der Waals surface area contributed by atoms with Gasteiger partial charge in [-0.2, -0.15) is 0 Å². The Morgan fingerprint density at radius 1 is 0.875 bits per heavy atom. The van der Waals surface area contributed by atoms with Crippen LogP contribution in [0.15, 0.2) is 30.3 Å². The third-order valence-electron chi connectivity index (χ3n) is 2.33. The Labute approximate surface area is 113 Å². The van der Waals surface area contributed by atoms with E-state index in [0.29, 0.717) is 0 Å². The van der Waals surface area contributed by atoms with Crippen molar-refractivity contribution in [2.24, 2.45) is 0 Å². The van der Waals surface area contributed by atoms with Gasteiger partial charge < -0.3 is 0 Å². The van der Waals surface area contributed by atoms with Crippen LogP contribution in [0.25, 0.3) is 0 Å². The maximum atomic E-state index is 2.29. The van der Waals surface area contributed by atoms with Gasteiger partial charge in [0, 0.05) is 0 Å². The van der Waals surface area contributed by atoms with Crippen LogP contribution in [-0.2, 0) is 5.32 Å². The Balaban J connectivity index is 1.89. The van der Waals surface area contributed by atoms with Gasteiger partial charge in [-0.05, 0) is 0 Å². The van der Waals surface area contributed by atoms with Crippen LogP contribution in [0.4, 0.5) is 0 Å². The minimum atomic E-state index is 0.836. The summed E-state index contributed by atoms with van der Waals surface area (Å²) < 4.78 is 0. The number of unbranched alkanes of at least 4 members (excludes halogenated alkanes) is 1. The van der Waals surface area contributed by atoms with Crippen LogP contribution in [0.3, 0.4) is 0 Å². The SMILES string of the molecule is CCCC[Se]CCC[Se]Cc1ccccc1. The molecule has 0 saturated heterocycles. The molecule has 0 heterocycles. The van der Waals surface area contributed by atoms with Gasteiger partial charge >= 0.3 is 113 Å². The van der Waals surface area contributed by atoms with Gasteiger partial charge in [-0.1, -0.05) is 0 Å².